The van der Waals surface area contributed by atoms with E-state index in [4.69, 9.17) is 14.5 Å². The van der Waals surface area contributed by atoms with Gasteiger partial charge in [0.1, 0.15) is 0 Å². The summed E-state index contributed by atoms with van der Waals surface area (Å²) < 4.78 is 11.1. The molecule has 0 bridgehead atoms. The summed E-state index contributed by atoms with van der Waals surface area (Å²) in [4.78, 5) is 7.36. The molecule has 0 aromatic carbocycles. The fraction of sp³-hybridized carbons (Fsp3) is 0.947. The van der Waals surface area contributed by atoms with Crippen LogP contribution in [-0.2, 0) is 9.47 Å². The maximum Gasteiger partial charge on any atom is 0.191 e. The van der Waals surface area contributed by atoms with Gasteiger partial charge in [-0.3, -0.25) is 9.89 Å². The Morgan fingerprint density at radius 1 is 1.16 bits per heavy atom. The molecule has 1 aliphatic heterocycles. The number of morpholine rings is 1. The highest BCUT2D eigenvalue weighted by molar-refractivity contribution is 5.79. The fourth-order valence-corrected chi connectivity index (χ4v) is 2.95. The second kappa shape index (κ2) is 14.3. The quantitative estimate of drug-likeness (QED) is 0.319. The van der Waals surface area contributed by atoms with Crippen molar-refractivity contribution >= 4 is 5.96 Å². The maximum absolute atomic E-state index is 5.61. The molecule has 1 atom stereocenters. The van der Waals surface area contributed by atoms with Crippen molar-refractivity contribution in [1.82, 2.24) is 15.5 Å². The first-order chi connectivity index (χ1) is 12.2. The first kappa shape index (κ1) is 22.2. The number of rotatable bonds is 12. The van der Waals surface area contributed by atoms with Gasteiger partial charge in [-0.05, 0) is 25.7 Å². The summed E-state index contributed by atoms with van der Waals surface area (Å²) in [6.45, 7) is 16.6. The molecule has 1 unspecified atom stereocenters. The Hall–Kier alpha value is -0.850. The SMILES string of the molecule is CCCCOCCNC(=NCC(CC(C)C)N1CCOCC1)NCC. The lowest BCUT2D eigenvalue weighted by molar-refractivity contribution is 0.0143. The van der Waals surface area contributed by atoms with Gasteiger partial charge in [0.25, 0.3) is 0 Å². The zero-order valence-electron chi connectivity index (χ0n) is 16.9. The van der Waals surface area contributed by atoms with Gasteiger partial charge in [0.05, 0.1) is 26.4 Å². The van der Waals surface area contributed by atoms with E-state index in [1.165, 1.54) is 12.8 Å². The van der Waals surface area contributed by atoms with E-state index in [0.717, 1.165) is 71.5 Å². The van der Waals surface area contributed by atoms with Gasteiger partial charge in [-0.2, -0.15) is 0 Å². The van der Waals surface area contributed by atoms with Crippen LogP contribution in [0, 0.1) is 5.92 Å². The average molecular weight is 357 g/mol. The Balaban J connectivity index is 2.46. The van der Waals surface area contributed by atoms with Crippen molar-refractivity contribution in [3.05, 3.63) is 0 Å². The van der Waals surface area contributed by atoms with E-state index in [-0.39, 0.29) is 0 Å². The molecule has 1 saturated heterocycles. The molecule has 1 heterocycles. The van der Waals surface area contributed by atoms with Crippen LogP contribution in [0.3, 0.4) is 0 Å². The van der Waals surface area contributed by atoms with Crippen LogP contribution in [0.4, 0.5) is 0 Å². The molecule has 0 spiro atoms. The van der Waals surface area contributed by atoms with Gasteiger partial charge in [-0.25, -0.2) is 0 Å². The van der Waals surface area contributed by atoms with Gasteiger partial charge >= 0.3 is 0 Å². The summed E-state index contributed by atoms with van der Waals surface area (Å²) in [5.74, 6) is 1.56. The van der Waals surface area contributed by atoms with E-state index in [1.807, 2.05) is 0 Å². The number of aliphatic imine (C=N–C) groups is 1. The summed E-state index contributed by atoms with van der Waals surface area (Å²) in [5, 5.41) is 6.72. The summed E-state index contributed by atoms with van der Waals surface area (Å²) >= 11 is 0. The van der Waals surface area contributed by atoms with E-state index in [1.54, 1.807) is 0 Å². The normalized spacial score (nSPS) is 17.7. The van der Waals surface area contributed by atoms with Gasteiger partial charge in [-0.15, -0.1) is 0 Å². The van der Waals surface area contributed by atoms with Gasteiger partial charge in [0.15, 0.2) is 5.96 Å². The minimum atomic E-state index is 0.486. The Morgan fingerprint density at radius 3 is 2.56 bits per heavy atom. The van der Waals surface area contributed by atoms with Crippen LogP contribution in [0.15, 0.2) is 4.99 Å². The molecule has 0 aromatic heterocycles. The summed E-state index contributed by atoms with van der Waals surface area (Å²) in [5.41, 5.74) is 0. The molecule has 6 heteroatoms. The predicted octanol–water partition coefficient (Wildman–Crippen LogP) is 2.11. The van der Waals surface area contributed by atoms with Crippen molar-refractivity contribution in [2.75, 3.05) is 59.2 Å². The highest BCUT2D eigenvalue weighted by Gasteiger charge is 2.21. The molecule has 6 nitrogen and oxygen atoms in total. The zero-order chi connectivity index (χ0) is 18.3. The van der Waals surface area contributed by atoms with Crippen LogP contribution >= 0.6 is 0 Å². The standard InChI is InChI=1S/C19H40N4O2/c1-5-7-11-24-12-8-21-19(20-6-2)22-16-18(15-17(3)4)23-9-13-25-14-10-23/h17-18H,5-16H2,1-4H3,(H2,20,21,22). The maximum atomic E-state index is 5.61. The summed E-state index contributed by atoms with van der Waals surface area (Å²) in [6.07, 6.45) is 3.48. The fourth-order valence-electron chi connectivity index (χ4n) is 2.95. The van der Waals surface area contributed by atoms with Crippen molar-refractivity contribution in [3.63, 3.8) is 0 Å². The van der Waals surface area contributed by atoms with Crippen LogP contribution in [0.5, 0.6) is 0 Å². The summed E-state index contributed by atoms with van der Waals surface area (Å²) in [6, 6.07) is 0.486. The Labute approximate surface area is 154 Å². The number of nitrogens with zero attached hydrogens (tertiary/aromatic N) is 2. The molecule has 0 aliphatic carbocycles. The van der Waals surface area contributed by atoms with E-state index >= 15 is 0 Å². The smallest absolute Gasteiger partial charge is 0.191 e. The number of hydrogen-bond acceptors (Lipinski definition) is 4. The molecule has 1 fully saturated rings. The van der Waals surface area contributed by atoms with Crippen LogP contribution in [0.1, 0.15) is 47.0 Å². The largest absolute Gasteiger partial charge is 0.380 e. The molecular formula is C19H40N4O2. The number of nitrogens with one attached hydrogen (secondary N) is 2. The monoisotopic (exact) mass is 356 g/mol. The number of unbranched alkanes of at least 4 members (excludes halogenated alkanes) is 1. The molecular weight excluding hydrogens is 316 g/mol. The van der Waals surface area contributed by atoms with Crippen molar-refractivity contribution in [2.24, 2.45) is 10.9 Å². The Morgan fingerprint density at radius 2 is 1.92 bits per heavy atom. The van der Waals surface area contributed by atoms with E-state index in [9.17, 15) is 0 Å². The highest BCUT2D eigenvalue weighted by atomic mass is 16.5. The average Bonchev–Trinajstić information content (AvgIpc) is 2.61. The third kappa shape index (κ3) is 10.7. The highest BCUT2D eigenvalue weighted by Crippen LogP contribution is 2.14. The van der Waals surface area contributed by atoms with Gasteiger partial charge < -0.3 is 20.1 Å². The number of ether oxygens (including phenoxy) is 2. The minimum absolute atomic E-state index is 0.486. The second-order valence-electron chi connectivity index (χ2n) is 7.04. The molecule has 0 saturated carbocycles. The molecule has 1 rings (SSSR count). The second-order valence-corrected chi connectivity index (χ2v) is 7.04. The number of hydrogen-bond donors (Lipinski definition) is 2. The molecule has 25 heavy (non-hydrogen) atoms. The van der Waals surface area contributed by atoms with Crippen molar-refractivity contribution in [2.45, 2.75) is 53.0 Å². The number of guanidine groups is 1. The third-order valence-electron chi connectivity index (χ3n) is 4.29. The first-order valence-corrected chi connectivity index (χ1v) is 10.1. The molecule has 148 valence electrons. The molecule has 2 N–H and O–H groups in total. The van der Waals surface area contributed by atoms with Gasteiger partial charge in [-0.1, -0.05) is 27.2 Å². The Bertz CT molecular complexity index is 344. The van der Waals surface area contributed by atoms with Gasteiger partial charge in [0, 0.05) is 38.8 Å². The molecule has 0 radical (unpaired) electrons. The van der Waals surface area contributed by atoms with Crippen LogP contribution < -0.4 is 10.6 Å². The molecule has 0 aromatic rings. The predicted molar refractivity (Wildman–Crippen MR) is 105 cm³/mol. The van der Waals surface area contributed by atoms with E-state index in [0.29, 0.717) is 12.0 Å². The van der Waals surface area contributed by atoms with E-state index in [2.05, 4.69) is 43.2 Å². The van der Waals surface area contributed by atoms with Crippen LogP contribution in [-0.4, -0.2) is 76.1 Å². The minimum Gasteiger partial charge on any atom is -0.380 e. The topological polar surface area (TPSA) is 58.1 Å². The lowest BCUT2D eigenvalue weighted by Gasteiger charge is -2.34. The van der Waals surface area contributed by atoms with Crippen molar-refractivity contribution in [3.8, 4) is 0 Å². The van der Waals surface area contributed by atoms with Crippen LogP contribution in [0.2, 0.25) is 0 Å². The van der Waals surface area contributed by atoms with E-state index < -0.39 is 0 Å². The first-order valence-electron chi connectivity index (χ1n) is 10.1. The third-order valence-corrected chi connectivity index (χ3v) is 4.29. The summed E-state index contributed by atoms with van der Waals surface area (Å²) in [7, 11) is 0. The lowest BCUT2D eigenvalue weighted by Crippen LogP contribution is -2.46. The van der Waals surface area contributed by atoms with Crippen LogP contribution in [0.25, 0.3) is 0 Å². The van der Waals surface area contributed by atoms with Crippen molar-refractivity contribution < 1.29 is 9.47 Å². The molecule has 1 aliphatic rings. The Kier molecular flexibility index (Phi) is 12.7. The van der Waals surface area contributed by atoms with Gasteiger partial charge in [0.2, 0.25) is 0 Å². The molecule has 0 amide bonds. The zero-order valence-corrected chi connectivity index (χ0v) is 16.9. The van der Waals surface area contributed by atoms with Crippen molar-refractivity contribution in [1.29, 1.82) is 0 Å². The lowest BCUT2D eigenvalue weighted by atomic mass is 10.0.